The Morgan fingerprint density at radius 1 is 1.22 bits per heavy atom. The number of methoxy groups -OCH3 is 1. The van der Waals surface area contributed by atoms with Crippen LogP contribution in [0.5, 0.6) is 5.75 Å². The molecule has 1 heterocycles. The van der Waals surface area contributed by atoms with Crippen LogP contribution in [-0.2, 0) is 6.42 Å². The van der Waals surface area contributed by atoms with Gasteiger partial charge in [0.25, 0.3) is 0 Å². The van der Waals surface area contributed by atoms with Gasteiger partial charge < -0.3 is 15.1 Å². The number of para-hydroxylation sites is 1. The lowest BCUT2D eigenvalue weighted by molar-refractivity contribution is -0.614. The number of aliphatic hydroxyl groups is 1. The van der Waals surface area contributed by atoms with Crippen molar-refractivity contribution < 1.29 is 14.6 Å². The van der Waals surface area contributed by atoms with Crippen LogP contribution in [0.25, 0.3) is 0 Å². The average molecular weight is 245 g/mol. The number of hydrogen-bond donors (Lipinski definition) is 1. The van der Waals surface area contributed by atoms with Gasteiger partial charge in [-0.05, 0) is 6.07 Å². The van der Waals surface area contributed by atoms with E-state index in [1.54, 1.807) is 37.4 Å². The first-order valence-corrected chi connectivity index (χ1v) is 5.70. The first-order valence-electron chi connectivity index (χ1n) is 5.70. The quantitative estimate of drug-likeness (QED) is 0.657. The van der Waals surface area contributed by atoms with Gasteiger partial charge in [-0.15, -0.1) is 0 Å². The smallest absolute Gasteiger partial charge is 0.195 e. The van der Waals surface area contributed by atoms with E-state index in [1.165, 1.54) is 6.20 Å². The highest BCUT2D eigenvalue weighted by Crippen LogP contribution is 2.26. The molecule has 0 bridgehead atoms. The summed E-state index contributed by atoms with van der Waals surface area (Å²) in [4.78, 5) is 0. The Bertz CT molecular complexity index is 528. The number of aromatic nitrogens is 1. The second kappa shape index (κ2) is 5.51. The van der Waals surface area contributed by atoms with Crippen LogP contribution in [0.2, 0.25) is 0 Å². The monoisotopic (exact) mass is 245 g/mol. The van der Waals surface area contributed by atoms with Gasteiger partial charge in [0, 0.05) is 17.7 Å². The summed E-state index contributed by atoms with van der Waals surface area (Å²) in [5, 5.41) is 21.7. The minimum absolute atomic E-state index is 0.255. The molecular weight excluding hydrogens is 230 g/mol. The number of nitrogens with zero attached hydrogens (tertiary/aromatic N) is 1. The highest BCUT2D eigenvalue weighted by Gasteiger charge is 2.17. The van der Waals surface area contributed by atoms with E-state index in [1.807, 2.05) is 12.1 Å². The van der Waals surface area contributed by atoms with Crippen molar-refractivity contribution in [3.63, 3.8) is 0 Å². The Balaban J connectivity index is 2.22. The Hall–Kier alpha value is -2.07. The molecule has 1 unspecified atom stereocenters. The summed E-state index contributed by atoms with van der Waals surface area (Å²) in [5.74, 6) is 0.624. The molecule has 0 radical (unpaired) electrons. The van der Waals surface area contributed by atoms with Gasteiger partial charge in [0.1, 0.15) is 5.75 Å². The molecule has 2 rings (SSSR count). The molecule has 0 saturated carbocycles. The van der Waals surface area contributed by atoms with E-state index < -0.39 is 6.10 Å². The number of pyridine rings is 1. The summed E-state index contributed by atoms with van der Waals surface area (Å²) in [6, 6.07) is 12.4. The fourth-order valence-corrected chi connectivity index (χ4v) is 1.87. The van der Waals surface area contributed by atoms with Gasteiger partial charge in [-0.2, -0.15) is 4.73 Å². The second-order valence-electron chi connectivity index (χ2n) is 3.98. The topological polar surface area (TPSA) is 56.4 Å². The molecule has 94 valence electrons. The zero-order chi connectivity index (χ0) is 13.0. The minimum atomic E-state index is -0.760. The molecule has 1 aromatic heterocycles. The van der Waals surface area contributed by atoms with E-state index in [9.17, 15) is 10.3 Å². The maximum atomic E-state index is 11.5. The summed E-state index contributed by atoms with van der Waals surface area (Å²) in [5.41, 5.74) is 1.21. The van der Waals surface area contributed by atoms with Crippen LogP contribution >= 0.6 is 0 Å². The minimum Gasteiger partial charge on any atom is -0.619 e. The maximum absolute atomic E-state index is 11.5. The third-order valence-corrected chi connectivity index (χ3v) is 2.80. The molecule has 1 N–H and O–H groups in total. The molecular formula is C14H15NO3. The maximum Gasteiger partial charge on any atom is 0.195 e. The molecule has 18 heavy (non-hydrogen) atoms. The van der Waals surface area contributed by atoms with Crippen molar-refractivity contribution in [3.05, 3.63) is 65.1 Å². The molecule has 4 heteroatoms. The van der Waals surface area contributed by atoms with Crippen molar-refractivity contribution in [1.29, 1.82) is 0 Å². The zero-order valence-corrected chi connectivity index (χ0v) is 10.1. The number of hydrogen-bond acceptors (Lipinski definition) is 3. The zero-order valence-electron chi connectivity index (χ0n) is 10.1. The molecule has 0 spiro atoms. The van der Waals surface area contributed by atoms with Crippen molar-refractivity contribution in [2.24, 2.45) is 0 Å². The number of rotatable bonds is 4. The van der Waals surface area contributed by atoms with Crippen LogP contribution in [0.1, 0.15) is 17.4 Å². The van der Waals surface area contributed by atoms with Crippen molar-refractivity contribution in [1.82, 2.24) is 0 Å². The number of ether oxygens (including phenoxy) is 1. The average Bonchev–Trinajstić information content (AvgIpc) is 2.41. The van der Waals surface area contributed by atoms with Crippen LogP contribution in [0.4, 0.5) is 0 Å². The van der Waals surface area contributed by atoms with Crippen molar-refractivity contribution in [3.8, 4) is 5.75 Å². The van der Waals surface area contributed by atoms with Crippen molar-refractivity contribution in [2.45, 2.75) is 12.5 Å². The Morgan fingerprint density at radius 2 is 1.94 bits per heavy atom. The molecule has 2 aromatic rings. The lowest BCUT2D eigenvalue weighted by Crippen LogP contribution is -2.31. The van der Waals surface area contributed by atoms with E-state index in [0.29, 0.717) is 17.0 Å². The fourth-order valence-electron chi connectivity index (χ4n) is 1.87. The Kier molecular flexibility index (Phi) is 3.79. The van der Waals surface area contributed by atoms with E-state index >= 15 is 0 Å². The SMILES string of the molecule is COc1ccccc1C(O)Cc1cccc[n+]1[O-]. The molecule has 1 atom stereocenters. The fraction of sp³-hybridized carbons (Fsp3) is 0.214. The molecule has 0 amide bonds. The van der Waals surface area contributed by atoms with Gasteiger partial charge in [-0.1, -0.05) is 24.3 Å². The van der Waals surface area contributed by atoms with Gasteiger partial charge in [0.05, 0.1) is 19.6 Å². The van der Waals surface area contributed by atoms with E-state index in [2.05, 4.69) is 0 Å². The first kappa shape index (κ1) is 12.4. The number of benzene rings is 1. The van der Waals surface area contributed by atoms with Crippen LogP contribution in [-0.4, -0.2) is 12.2 Å². The highest BCUT2D eigenvalue weighted by atomic mass is 16.5. The summed E-state index contributed by atoms with van der Waals surface area (Å²) >= 11 is 0. The van der Waals surface area contributed by atoms with E-state index in [-0.39, 0.29) is 6.42 Å². The summed E-state index contributed by atoms with van der Waals surface area (Å²) in [6.45, 7) is 0. The van der Waals surface area contributed by atoms with Crippen molar-refractivity contribution in [2.75, 3.05) is 7.11 Å². The predicted molar refractivity (Wildman–Crippen MR) is 67.1 cm³/mol. The van der Waals surface area contributed by atoms with Gasteiger partial charge in [0.15, 0.2) is 11.9 Å². The van der Waals surface area contributed by atoms with E-state index in [0.717, 1.165) is 4.73 Å². The highest BCUT2D eigenvalue weighted by molar-refractivity contribution is 5.35. The molecule has 0 saturated heterocycles. The molecule has 4 nitrogen and oxygen atoms in total. The standard InChI is InChI=1S/C14H15NO3/c1-18-14-8-3-2-7-12(14)13(16)10-11-6-4-5-9-15(11)17/h2-9,13,16H,10H2,1H3. The largest absolute Gasteiger partial charge is 0.619 e. The summed E-state index contributed by atoms with van der Waals surface area (Å²) in [6.07, 6.45) is 0.915. The summed E-state index contributed by atoms with van der Waals surface area (Å²) in [7, 11) is 1.56. The van der Waals surface area contributed by atoms with Gasteiger partial charge in [-0.3, -0.25) is 0 Å². The van der Waals surface area contributed by atoms with E-state index in [4.69, 9.17) is 4.74 Å². The lowest BCUT2D eigenvalue weighted by atomic mass is 10.0. The lowest BCUT2D eigenvalue weighted by Gasteiger charge is -2.14. The van der Waals surface area contributed by atoms with Crippen LogP contribution in [0.3, 0.4) is 0 Å². The predicted octanol–water partition coefficient (Wildman–Crippen LogP) is 1.60. The molecule has 0 fully saturated rings. The number of aliphatic hydroxyl groups excluding tert-OH is 1. The molecule has 0 aliphatic rings. The molecule has 0 aliphatic carbocycles. The normalized spacial score (nSPS) is 12.1. The van der Waals surface area contributed by atoms with Crippen molar-refractivity contribution >= 4 is 0 Å². The van der Waals surface area contributed by atoms with Crippen LogP contribution in [0.15, 0.2) is 48.7 Å². The third-order valence-electron chi connectivity index (χ3n) is 2.80. The van der Waals surface area contributed by atoms with Crippen LogP contribution < -0.4 is 9.47 Å². The second-order valence-corrected chi connectivity index (χ2v) is 3.98. The molecule has 1 aromatic carbocycles. The first-order chi connectivity index (χ1) is 8.72. The van der Waals surface area contributed by atoms with Gasteiger partial charge in [0.2, 0.25) is 0 Å². The Morgan fingerprint density at radius 3 is 2.67 bits per heavy atom. The van der Waals surface area contributed by atoms with Gasteiger partial charge in [-0.25, -0.2) is 0 Å². The summed E-state index contributed by atoms with van der Waals surface area (Å²) < 4.78 is 5.95. The molecule has 0 aliphatic heterocycles. The van der Waals surface area contributed by atoms with Crippen LogP contribution in [0, 0.1) is 5.21 Å². The third kappa shape index (κ3) is 2.60. The van der Waals surface area contributed by atoms with Gasteiger partial charge >= 0.3 is 0 Å². The Labute approximate surface area is 106 Å².